The molecule has 5 rings (SSSR count). The van der Waals surface area contributed by atoms with Crippen LogP contribution in [0.4, 0.5) is 5.95 Å². The van der Waals surface area contributed by atoms with Gasteiger partial charge in [-0.1, -0.05) is 30.3 Å². The van der Waals surface area contributed by atoms with Crippen LogP contribution in [0.1, 0.15) is 32.1 Å². The Kier molecular flexibility index (Phi) is 5.29. The number of H-pyrrole nitrogens is 1. The number of likely N-dealkylation sites (tertiary alicyclic amines) is 1. The Morgan fingerprint density at radius 2 is 1.87 bits per heavy atom. The summed E-state index contributed by atoms with van der Waals surface area (Å²) in [5.74, 6) is 0.830. The Morgan fingerprint density at radius 1 is 1.07 bits per heavy atom. The minimum absolute atomic E-state index is 0.0195. The number of aromatic amines is 1. The molecule has 30 heavy (non-hydrogen) atoms. The highest BCUT2D eigenvalue weighted by atomic mass is 32.1. The van der Waals surface area contributed by atoms with Crippen LogP contribution in [0.2, 0.25) is 0 Å². The molecular formula is C23H26N4O2S. The van der Waals surface area contributed by atoms with Crippen molar-refractivity contribution in [3.05, 3.63) is 46.1 Å². The third-order valence-electron chi connectivity index (χ3n) is 6.24. The molecular weight excluding hydrogens is 396 g/mol. The van der Waals surface area contributed by atoms with Gasteiger partial charge in [0.1, 0.15) is 4.70 Å². The molecule has 1 aromatic carbocycles. The molecule has 4 heterocycles. The van der Waals surface area contributed by atoms with Crippen molar-refractivity contribution in [3.63, 3.8) is 0 Å². The second-order valence-corrected chi connectivity index (χ2v) is 9.13. The zero-order valence-electron chi connectivity index (χ0n) is 17.0. The van der Waals surface area contributed by atoms with E-state index in [0.29, 0.717) is 17.2 Å². The highest BCUT2D eigenvalue weighted by Crippen LogP contribution is 2.32. The maximum absolute atomic E-state index is 13.0. The smallest absolute Gasteiger partial charge is 0.270 e. The van der Waals surface area contributed by atoms with E-state index in [2.05, 4.69) is 9.88 Å². The first kappa shape index (κ1) is 19.3. The first-order chi connectivity index (χ1) is 14.7. The molecule has 0 spiro atoms. The number of fused-ring (bicyclic) bond motifs is 1. The van der Waals surface area contributed by atoms with Crippen molar-refractivity contribution in [3.8, 4) is 11.1 Å². The maximum Gasteiger partial charge on any atom is 0.270 e. The summed E-state index contributed by atoms with van der Waals surface area (Å²) in [5.41, 5.74) is 2.69. The molecule has 156 valence electrons. The van der Waals surface area contributed by atoms with Crippen molar-refractivity contribution in [2.75, 3.05) is 31.1 Å². The van der Waals surface area contributed by atoms with Crippen molar-refractivity contribution in [1.29, 1.82) is 0 Å². The molecule has 2 aliphatic rings. The summed E-state index contributed by atoms with van der Waals surface area (Å²) in [6.07, 6.45) is 5.27. The molecule has 0 bridgehead atoms. The van der Waals surface area contributed by atoms with E-state index in [9.17, 15) is 9.59 Å². The van der Waals surface area contributed by atoms with Crippen molar-refractivity contribution in [2.45, 2.75) is 32.1 Å². The average molecular weight is 423 g/mol. The van der Waals surface area contributed by atoms with Gasteiger partial charge in [0.2, 0.25) is 11.9 Å². The Bertz CT molecular complexity index is 1100. The summed E-state index contributed by atoms with van der Waals surface area (Å²) in [7, 11) is 0. The van der Waals surface area contributed by atoms with Crippen LogP contribution in [-0.2, 0) is 4.79 Å². The molecule has 2 aliphatic heterocycles. The Morgan fingerprint density at radius 3 is 2.67 bits per heavy atom. The van der Waals surface area contributed by atoms with Gasteiger partial charge in [-0.25, -0.2) is 4.98 Å². The second-order valence-electron chi connectivity index (χ2n) is 8.25. The summed E-state index contributed by atoms with van der Waals surface area (Å²) < 4.78 is 0.649. The van der Waals surface area contributed by atoms with Gasteiger partial charge in [0.15, 0.2) is 0 Å². The van der Waals surface area contributed by atoms with Crippen LogP contribution in [0.15, 0.2) is 40.5 Å². The summed E-state index contributed by atoms with van der Waals surface area (Å²) >= 11 is 1.43. The molecule has 1 amide bonds. The number of anilines is 1. The highest BCUT2D eigenvalue weighted by molar-refractivity contribution is 7.17. The fourth-order valence-electron chi connectivity index (χ4n) is 4.63. The molecule has 3 aromatic rings. The van der Waals surface area contributed by atoms with Gasteiger partial charge in [-0.2, -0.15) is 0 Å². The number of carbonyl (C=O) groups is 1. The topological polar surface area (TPSA) is 69.3 Å². The molecule has 2 aromatic heterocycles. The minimum Gasteiger partial charge on any atom is -0.342 e. The predicted octanol–water partition coefficient (Wildman–Crippen LogP) is 3.88. The molecule has 7 heteroatoms. The van der Waals surface area contributed by atoms with Gasteiger partial charge >= 0.3 is 0 Å². The first-order valence-corrected chi connectivity index (χ1v) is 11.7. The lowest BCUT2D eigenvalue weighted by Crippen LogP contribution is -2.47. The third kappa shape index (κ3) is 3.62. The number of piperidine rings is 2. The summed E-state index contributed by atoms with van der Waals surface area (Å²) in [5, 5.41) is 2.00. The van der Waals surface area contributed by atoms with E-state index in [1.54, 1.807) is 0 Å². The number of amides is 1. The van der Waals surface area contributed by atoms with E-state index in [-0.39, 0.29) is 17.4 Å². The molecule has 0 aliphatic carbocycles. The van der Waals surface area contributed by atoms with E-state index in [4.69, 9.17) is 4.98 Å². The van der Waals surface area contributed by atoms with Crippen molar-refractivity contribution >= 4 is 33.4 Å². The zero-order valence-corrected chi connectivity index (χ0v) is 17.8. The van der Waals surface area contributed by atoms with Gasteiger partial charge in [-0.15, -0.1) is 11.3 Å². The van der Waals surface area contributed by atoms with Crippen LogP contribution in [0.25, 0.3) is 21.3 Å². The lowest BCUT2D eigenvalue weighted by Gasteiger charge is -2.36. The fourth-order valence-corrected chi connectivity index (χ4v) is 5.54. The minimum atomic E-state index is -0.105. The van der Waals surface area contributed by atoms with Crippen molar-refractivity contribution < 1.29 is 4.79 Å². The number of nitrogens with zero attached hydrogens (tertiary/aromatic N) is 3. The van der Waals surface area contributed by atoms with Gasteiger partial charge in [-0.3, -0.25) is 14.6 Å². The Balaban J connectivity index is 1.44. The lowest BCUT2D eigenvalue weighted by molar-refractivity contribution is -0.136. The van der Waals surface area contributed by atoms with Gasteiger partial charge in [-0.05, 0) is 37.7 Å². The van der Waals surface area contributed by atoms with E-state index in [1.165, 1.54) is 17.8 Å². The largest absolute Gasteiger partial charge is 0.342 e. The van der Waals surface area contributed by atoms with Gasteiger partial charge in [0.05, 0.1) is 11.4 Å². The molecule has 1 N–H and O–H groups in total. The van der Waals surface area contributed by atoms with Crippen LogP contribution >= 0.6 is 11.3 Å². The van der Waals surface area contributed by atoms with Gasteiger partial charge < -0.3 is 9.80 Å². The van der Waals surface area contributed by atoms with Crippen LogP contribution in [0.5, 0.6) is 0 Å². The van der Waals surface area contributed by atoms with E-state index in [0.717, 1.165) is 62.0 Å². The number of hydrogen-bond acceptors (Lipinski definition) is 5. The first-order valence-electron chi connectivity index (χ1n) is 10.8. The Labute approximate surface area is 179 Å². The monoisotopic (exact) mass is 422 g/mol. The van der Waals surface area contributed by atoms with Gasteiger partial charge in [0.25, 0.3) is 5.56 Å². The summed E-state index contributed by atoms with van der Waals surface area (Å²) in [4.78, 5) is 37.7. The standard InChI is InChI=1S/C23H26N4O2S/c28-21-20-19(18(15-30-20)16-8-3-1-4-9-16)24-23(25-21)27-13-7-10-17(14-27)22(29)26-11-5-2-6-12-26/h1,3-4,8-9,15,17H,2,5-7,10-14H2,(H,24,25,28). The molecule has 1 unspecified atom stereocenters. The molecule has 0 saturated carbocycles. The summed E-state index contributed by atoms with van der Waals surface area (Å²) in [6.45, 7) is 3.19. The number of hydrogen-bond donors (Lipinski definition) is 1. The third-order valence-corrected chi connectivity index (χ3v) is 7.20. The van der Waals surface area contributed by atoms with Gasteiger partial charge in [0, 0.05) is 37.1 Å². The SMILES string of the molecule is O=C(C1CCCN(c2nc3c(-c4ccccc4)csc3c(=O)[nH]2)C1)N1CCCCC1. The molecule has 2 fully saturated rings. The van der Waals surface area contributed by atoms with E-state index in [1.807, 2.05) is 40.6 Å². The number of benzene rings is 1. The number of thiophene rings is 1. The zero-order chi connectivity index (χ0) is 20.5. The average Bonchev–Trinajstić information content (AvgIpc) is 3.24. The molecule has 6 nitrogen and oxygen atoms in total. The lowest BCUT2D eigenvalue weighted by atomic mass is 9.95. The fraction of sp³-hybridized carbons (Fsp3) is 0.435. The molecule has 0 radical (unpaired) electrons. The molecule has 2 saturated heterocycles. The number of nitrogens with one attached hydrogen (secondary N) is 1. The van der Waals surface area contributed by atoms with E-state index >= 15 is 0 Å². The van der Waals surface area contributed by atoms with Crippen LogP contribution in [0.3, 0.4) is 0 Å². The predicted molar refractivity (Wildman–Crippen MR) is 121 cm³/mol. The highest BCUT2D eigenvalue weighted by Gasteiger charge is 2.31. The number of aromatic nitrogens is 2. The quantitative estimate of drug-likeness (QED) is 0.695. The Hall–Kier alpha value is -2.67. The molecule has 1 atom stereocenters. The number of carbonyl (C=O) groups excluding carboxylic acids is 1. The maximum atomic E-state index is 13.0. The summed E-state index contributed by atoms with van der Waals surface area (Å²) in [6, 6.07) is 10.1. The normalized spacial score (nSPS) is 19.9. The van der Waals surface area contributed by atoms with E-state index < -0.39 is 0 Å². The van der Waals surface area contributed by atoms with Crippen LogP contribution < -0.4 is 10.5 Å². The van der Waals surface area contributed by atoms with Crippen LogP contribution in [-0.4, -0.2) is 47.0 Å². The second kappa shape index (κ2) is 8.22. The van der Waals surface area contributed by atoms with Crippen molar-refractivity contribution in [1.82, 2.24) is 14.9 Å². The van der Waals surface area contributed by atoms with Crippen LogP contribution in [0, 0.1) is 5.92 Å². The number of rotatable bonds is 3. The van der Waals surface area contributed by atoms with Crippen molar-refractivity contribution in [2.24, 2.45) is 5.92 Å².